The number of nitrogens with zero attached hydrogens (tertiary/aromatic N) is 2. The number of hydrogen-bond donors (Lipinski definition) is 1. The monoisotopic (exact) mass is 611 g/mol. The van der Waals surface area contributed by atoms with Crippen LogP contribution in [0, 0.1) is 0 Å². The van der Waals surface area contributed by atoms with Crippen molar-refractivity contribution in [1.29, 1.82) is 0 Å². The third kappa shape index (κ3) is 7.63. The van der Waals surface area contributed by atoms with Gasteiger partial charge >= 0.3 is 0 Å². The van der Waals surface area contributed by atoms with Crippen LogP contribution in [0.4, 0.5) is 5.69 Å². The van der Waals surface area contributed by atoms with Crippen LogP contribution < -0.4 is 14.4 Å². The number of rotatable bonds is 13. The second-order valence-electron chi connectivity index (χ2n) is 10.4. The molecule has 0 spiro atoms. The lowest BCUT2D eigenvalue weighted by atomic mass is 10.1. The van der Waals surface area contributed by atoms with E-state index in [4.69, 9.17) is 16.3 Å². The fraction of sp³-hybridized carbons (Fsp3) is 0.375. The number of nitrogens with one attached hydrogen (secondary N) is 1. The molecule has 3 aromatic carbocycles. The van der Waals surface area contributed by atoms with Crippen molar-refractivity contribution in [2.24, 2.45) is 0 Å². The van der Waals surface area contributed by atoms with Crippen molar-refractivity contribution >= 4 is 39.1 Å². The minimum atomic E-state index is -4.22. The zero-order valence-electron chi connectivity index (χ0n) is 24.0. The number of carbonyl (C=O) groups excluding carboxylic acids is 2. The first-order valence-electron chi connectivity index (χ1n) is 14.3. The van der Waals surface area contributed by atoms with E-state index in [-0.39, 0.29) is 39.8 Å². The van der Waals surface area contributed by atoms with E-state index in [2.05, 4.69) is 5.32 Å². The summed E-state index contributed by atoms with van der Waals surface area (Å²) in [5, 5.41) is 3.41. The predicted octanol–water partition coefficient (Wildman–Crippen LogP) is 5.45. The Morgan fingerprint density at radius 1 is 1.00 bits per heavy atom. The van der Waals surface area contributed by atoms with Crippen molar-refractivity contribution in [3.63, 3.8) is 0 Å². The number of hydrogen-bond acceptors (Lipinski definition) is 5. The van der Waals surface area contributed by atoms with Gasteiger partial charge in [-0.05, 0) is 61.6 Å². The van der Waals surface area contributed by atoms with Gasteiger partial charge in [0.05, 0.1) is 17.7 Å². The molecule has 0 bridgehead atoms. The minimum Gasteiger partial charge on any atom is -0.495 e. The Balaban J connectivity index is 1.71. The Hall–Kier alpha value is -3.56. The Bertz CT molecular complexity index is 1450. The number of amides is 2. The van der Waals surface area contributed by atoms with Gasteiger partial charge in [0, 0.05) is 17.6 Å². The molecule has 2 amide bonds. The first-order valence-corrected chi connectivity index (χ1v) is 16.1. The summed E-state index contributed by atoms with van der Waals surface area (Å²) >= 11 is 6.30. The Kier molecular flexibility index (Phi) is 10.9. The molecular weight excluding hydrogens is 574 g/mol. The zero-order chi connectivity index (χ0) is 30.1. The summed E-state index contributed by atoms with van der Waals surface area (Å²) in [5.41, 5.74) is 1.14. The van der Waals surface area contributed by atoms with Crippen LogP contribution in [0.5, 0.6) is 5.75 Å². The van der Waals surface area contributed by atoms with E-state index in [0.29, 0.717) is 12.8 Å². The topological polar surface area (TPSA) is 96.0 Å². The number of methoxy groups -OCH3 is 1. The van der Waals surface area contributed by atoms with Gasteiger partial charge in [-0.15, -0.1) is 0 Å². The average Bonchev–Trinajstić information content (AvgIpc) is 3.51. The van der Waals surface area contributed by atoms with Crippen LogP contribution in [-0.2, 0) is 26.0 Å². The molecule has 1 aliphatic carbocycles. The van der Waals surface area contributed by atoms with Crippen LogP contribution in [0.1, 0.15) is 44.6 Å². The van der Waals surface area contributed by atoms with Gasteiger partial charge < -0.3 is 15.0 Å². The largest absolute Gasteiger partial charge is 0.495 e. The maximum absolute atomic E-state index is 14.2. The van der Waals surface area contributed by atoms with Crippen molar-refractivity contribution in [3.8, 4) is 5.75 Å². The highest BCUT2D eigenvalue weighted by Gasteiger charge is 2.35. The fourth-order valence-electron chi connectivity index (χ4n) is 5.35. The summed E-state index contributed by atoms with van der Waals surface area (Å²) in [6, 6.07) is 21.5. The van der Waals surface area contributed by atoms with Crippen molar-refractivity contribution in [2.75, 3.05) is 24.5 Å². The Labute approximate surface area is 253 Å². The second-order valence-corrected chi connectivity index (χ2v) is 12.7. The molecule has 224 valence electrons. The van der Waals surface area contributed by atoms with E-state index in [1.165, 1.54) is 30.2 Å². The summed E-state index contributed by atoms with van der Waals surface area (Å²) in [6.45, 7) is 1.56. The van der Waals surface area contributed by atoms with Crippen LogP contribution in [0.3, 0.4) is 0 Å². The van der Waals surface area contributed by atoms with E-state index in [0.717, 1.165) is 35.6 Å². The molecule has 42 heavy (non-hydrogen) atoms. The number of ether oxygens (including phenoxy) is 1. The van der Waals surface area contributed by atoms with Gasteiger partial charge in [-0.3, -0.25) is 13.9 Å². The lowest BCUT2D eigenvalue weighted by Crippen LogP contribution is -2.54. The zero-order valence-corrected chi connectivity index (χ0v) is 25.6. The number of benzene rings is 3. The minimum absolute atomic E-state index is 0.0154. The van der Waals surface area contributed by atoms with Crippen molar-refractivity contribution in [2.45, 2.75) is 62.4 Å². The maximum Gasteiger partial charge on any atom is 0.264 e. The first-order chi connectivity index (χ1) is 20.2. The van der Waals surface area contributed by atoms with Gasteiger partial charge in [-0.1, -0.05) is 79.9 Å². The van der Waals surface area contributed by atoms with Gasteiger partial charge in [0.2, 0.25) is 11.8 Å². The molecule has 10 heteroatoms. The molecule has 0 radical (unpaired) electrons. The van der Waals surface area contributed by atoms with Crippen LogP contribution in [-0.4, -0.2) is 57.4 Å². The van der Waals surface area contributed by atoms with Gasteiger partial charge in [0.1, 0.15) is 18.3 Å². The molecular formula is C32H38ClN3O5S. The second kappa shape index (κ2) is 14.6. The van der Waals surface area contributed by atoms with Crippen LogP contribution >= 0.6 is 11.6 Å². The van der Waals surface area contributed by atoms with E-state index >= 15 is 0 Å². The molecule has 0 aliphatic heterocycles. The molecule has 0 aromatic heterocycles. The van der Waals surface area contributed by atoms with Gasteiger partial charge in [0.15, 0.2) is 0 Å². The average molecular weight is 612 g/mol. The maximum atomic E-state index is 14.2. The van der Waals surface area contributed by atoms with Crippen molar-refractivity contribution in [3.05, 3.63) is 89.4 Å². The highest BCUT2D eigenvalue weighted by molar-refractivity contribution is 7.92. The number of carbonyl (C=O) groups is 2. The molecule has 0 heterocycles. The van der Waals surface area contributed by atoms with E-state index in [9.17, 15) is 18.0 Å². The molecule has 1 aliphatic rings. The van der Waals surface area contributed by atoms with Crippen LogP contribution in [0.2, 0.25) is 5.02 Å². The molecule has 1 N–H and O–H groups in total. The van der Waals surface area contributed by atoms with Gasteiger partial charge in [-0.2, -0.15) is 0 Å². The van der Waals surface area contributed by atoms with Crippen molar-refractivity contribution < 1.29 is 22.7 Å². The fourth-order valence-corrected chi connectivity index (χ4v) is 6.96. The van der Waals surface area contributed by atoms with Crippen molar-refractivity contribution in [1.82, 2.24) is 10.2 Å². The van der Waals surface area contributed by atoms with Crippen LogP contribution in [0.15, 0.2) is 83.8 Å². The van der Waals surface area contributed by atoms with E-state index in [1.807, 2.05) is 37.3 Å². The summed E-state index contributed by atoms with van der Waals surface area (Å²) in [7, 11) is -2.80. The van der Waals surface area contributed by atoms with Gasteiger partial charge in [-0.25, -0.2) is 8.42 Å². The Morgan fingerprint density at radius 2 is 1.64 bits per heavy atom. The third-order valence-electron chi connectivity index (χ3n) is 7.59. The molecule has 1 fully saturated rings. The highest BCUT2D eigenvalue weighted by Crippen LogP contribution is 2.35. The summed E-state index contributed by atoms with van der Waals surface area (Å²) in [6.07, 6.45) is 4.84. The summed E-state index contributed by atoms with van der Waals surface area (Å²) in [5.74, 6) is -0.474. The van der Waals surface area contributed by atoms with Gasteiger partial charge in [0.25, 0.3) is 10.0 Å². The summed E-state index contributed by atoms with van der Waals surface area (Å²) < 4.78 is 34.6. The Morgan fingerprint density at radius 3 is 2.26 bits per heavy atom. The predicted molar refractivity (Wildman–Crippen MR) is 165 cm³/mol. The number of sulfonamides is 1. The lowest BCUT2D eigenvalue weighted by molar-refractivity contribution is -0.139. The lowest BCUT2D eigenvalue weighted by Gasteiger charge is -2.34. The molecule has 0 saturated heterocycles. The molecule has 4 rings (SSSR count). The number of anilines is 1. The molecule has 0 unspecified atom stereocenters. The van der Waals surface area contributed by atoms with E-state index < -0.39 is 28.5 Å². The first kappa shape index (κ1) is 31.4. The van der Waals surface area contributed by atoms with E-state index in [1.54, 1.807) is 30.3 Å². The molecule has 1 atom stereocenters. The van der Waals surface area contributed by atoms with Crippen LogP contribution in [0.25, 0.3) is 0 Å². The number of halogens is 1. The quantitative estimate of drug-likeness (QED) is 0.277. The normalized spacial score (nSPS) is 14.3. The standard InChI is InChI=1S/C32H38ClN3O5S/c1-3-28(32(38)34-26-14-10-11-15-26)35(21-20-24-12-6-4-7-13-24)31(37)23-36(29-22-25(33)18-19-30(29)41-2)42(39,40)27-16-8-5-9-17-27/h4-9,12-13,16-19,22,26,28H,3,10-11,14-15,20-21,23H2,1-2H3,(H,34,38)/t28-/m0/s1. The summed E-state index contributed by atoms with van der Waals surface area (Å²) in [4.78, 5) is 29.3. The highest BCUT2D eigenvalue weighted by atomic mass is 35.5. The molecule has 1 saturated carbocycles. The SMILES string of the molecule is CC[C@@H](C(=O)NC1CCCC1)N(CCc1ccccc1)C(=O)CN(c1cc(Cl)ccc1OC)S(=O)(=O)c1ccccc1. The molecule has 8 nitrogen and oxygen atoms in total. The smallest absolute Gasteiger partial charge is 0.264 e. The molecule has 3 aromatic rings. The third-order valence-corrected chi connectivity index (χ3v) is 9.60.